The molecule has 0 saturated carbocycles. The zero-order valence-corrected chi connectivity index (χ0v) is 14.8. The summed E-state index contributed by atoms with van der Waals surface area (Å²) in [4.78, 5) is 32.2. The molecule has 1 amide bonds. The van der Waals surface area contributed by atoms with Gasteiger partial charge in [-0.2, -0.15) is 0 Å². The fourth-order valence-electron chi connectivity index (χ4n) is 3.38. The first-order valence-electron chi connectivity index (χ1n) is 8.75. The van der Waals surface area contributed by atoms with Gasteiger partial charge in [0.15, 0.2) is 17.4 Å². The van der Waals surface area contributed by atoms with Crippen molar-refractivity contribution in [2.75, 3.05) is 6.54 Å². The molecule has 8 heteroatoms. The van der Waals surface area contributed by atoms with E-state index in [1.54, 1.807) is 30.4 Å². The Morgan fingerprint density at radius 3 is 3.00 bits per heavy atom. The topological polar surface area (TPSA) is 89.9 Å². The maximum Gasteiger partial charge on any atom is 0.276 e. The van der Waals surface area contributed by atoms with E-state index in [1.165, 1.54) is 6.26 Å². The van der Waals surface area contributed by atoms with Gasteiger partial charge in [-0.25, -0.2) is 15.0 Å². The fourth-order valence-corrected chi connectivity index (χ4v) is 3.38. The van der Waals surface area contributed by atoms with Crippen LogP contribution in [0.15, 0.2) is 35.5 Å². The Morgan fingerprint density at radius 2 is 2.23 bits per heavy atom. The van der Waals surface area contributed by atoms with Crippen molar-refractivity contribution in [2.45, 2.75) is 39.2 Å². The summed E-state index contributed by atoms with van der Waals surface area (Å²) >= 11 is 0. The molecule has 1 fully saturated rings. The quantitative estimate of drug-likeness (QED) is 0.716. The van der Waals surface area contributed by atoms with Gasteiger partial charge in [-0.1, -0.05) is 6.92 Å². The predicted octanol–water partition coefficient (Wildman–Crippen LogP) is 2.50. The van der Waals surface area contributed by atoms with Crippen LogP contribution in [-0.2, 0) is 6.42 Å². The minimum absolute atomic E-state index is 0.111. The number of likely N-dealkylation sites (tertiary alicyclic amines) is 1. The number of oxazole rings is 1. The van der Waals surface area contributed by atoms with E-state index in [2.05, 4.69) is 15.0 Å². The van der Waals surface area contributed by atoms with Crippen LogP contribution in [0.2, 0.25) is 0 Å². The molecule has 0 N–H and O–H groups in total. The second-order valence-electron chi connectivity index (χ2n) is 6.28. The lowest BCUT2D eigenvalue weighted by molar-refractivity contribution is 0.0726. The van der Waals surface area contributed by atoms with Crippen LogP contribution in [0.1, 0.15) is 53.7 Å². The number of aryl methyl sites for hydroxylation is 2. The molecule has 1 aliphatic rings. The molecule has 1 saturated heterocycles. The number of nitrogens with zero attached hydrogens (tertiary/aromatic N) is 6. The molecule has 8 nitrogen and oxygen atoms in total. The minimum Gasteiger partial charge on any atom is -0.448 e. The molecule has 3 aromatic heterocycles. The maximum absolute atomic E-state index is 12.8. The summed E-state index contributed by atoms with van der Waals surface area (Å²) in [7, 11) is 0. The Morgan fingerprint density at radius 1 is 1.35 bits per heavy atom. The molecular formula is C18H20N6O2. The molecule has 4 heterocycles. The van der Waals surface area contributed by atoms with Gasteiger partial charge >= 0.3 is 0 Å². The van der Waals surface area contributed by atoms with Crippen LogP contribution < -0.4 is 0 Å². The summed E-state index contributed by atoms with van der Waals surface area (Å²) < 4.78 is 7.11. The molecule has 0 bridgehead atoms. The van der Waals surface area contributed by atoms with Crippen molar-refractivity contribution < 1.29 is 9.21 Å². The van der Waals surface area contributed by atoms with Crippen LogP contribution in [0.25, 0.3) is 5.82 Å². The van der Waals surface area contributed by atoms with Crippen LogP contribution in [0.5, 0.6) is 0 Å². The van der Waals surface area contributed by atoms with E-state index in [9.17, 15) is 4.79 Å². The highest BCUT2D eigenvalue weighted by molar-refractivity contribution is 5.92. The summed E-state index contributed by atoms with van der Waals surface area (Å²) in [5.41, 5.74) is 1.12. The Balaban J connectivity index is 1.64. The first-order chi connectivity index (χ1) is 12.7. The number of hydrogen-bond donors (Lipinski definition) is 0. The van der Waals surface area contributed by atoms with Gasteiger partial charge in [0.2, 0.25) is 0 Å². The van der Waals surface area contributed by atoms with E-state index < -0.39 is 0 Å². The third kappa shape index (κ3) is 2.87. The third-order valence-electron chi connectivity index (χ3n) is 4.61. The highest BCUT2D eigenvalue weighted by Crippen LogP contribution is 2.32. The summed E-state index contributed by atoms with van der Waals surface area (Å²) in [5, 5.41) is 0. The average molecular weight is 352 g/mol. The van der Waals surface area contributed by atoms with Gasteiger partial charge in [0.05, 0.1) is 24.1 Å². The van der Waals surface area contributed by atoms with Gasteiger partial charge in [0.25, 0.3) is 5.91 Å². The summed E-state index contributed by atoms with van der Waals surface area (Å²) in [5.74, 6) is 1.99. The Kier molecular flexibility index (Phi) is 4.24. The molecule has 1 atom stereocenters. The maximum atomic E-state index is 12.8. The number of carbonyl (C=O) groups is 1. The van der Waals surface area contributed by atoms with Crippen molar-refractivity contribution in [3.05, 3.63) is 54.2 Å². The van der Waals surface area contributed by atoms with Gasteiger partial charge in [0, 0.05) is 32.3 Å². The molecule has 3 aromatic rings. The normalized spacial score (nSPS) is 17.0. The molecule has 0 aliphatic carbocycles. The van der Waals surface area contributed by atoms with Crippen molar-refractivity contribution in [3.63, 3.8) is 0 Å². The predicted molar refractivity (Wildman–Crippen MR) is 92.8 cm³/mol. The standard InChI is InChI=1S/C18H20N6O2/c1-3-16-20-6-8-24(16)17-10-19-9-13(22-17)15-5-4-7-23(15)18(25)14-11-26-12(2)21-14/h6,8-11,15H,3-5,7H2,1-2H3. The van der Waals surface area contributed by atoms with Crippen LogP contribution >= 0.6 is 0 Å². The largest absolute Gasteiger partial charge is 0.448 e. The molecule has 134 valence electrons. The van der Waals surface area contributed by atoms with Gasteiger partial charge in [0.1, 0.15) is 12.1 Å². The molecule has 0 spiro atoms. The smallest absolute Gasteiger partial charge is 0.276 e. The van der Waals surface area contributed by atoms with Gasteiger partial charge in [-0.05, 0) is 12.8 Å². The SMILES string of the molecule is CCc1nccn1-c1cncc(C2CCCN2C(=O)c2coc(C)n2)n1. The van der Waals surface area contributed by atoms with Crippen LogP contribution in [0.3, 0.4) is 0 Å². The Hall–Kier alpha value is -3.03. The molecule has 26 heavy (non-hydrogen) atoms. The fraction of sp³-hybridized carbons (Fsp3) is 0.389. The lowest BCUT2D eigenvalue weighted by atomic mass is 10.1. The van der Waals surface area contributed by atoms with Crippen molar-refractivity contribution in [1.29, 1.82) is 0 Å². The monoisotopic (exact) mass is 352 g/mol. The molecule has 4 rings (SSSR count). The molecule has 1 unspecified atom stereocenters. The summed E-state index contributed by atoms with van der Waals surface area (Å²) in [6.07, 6.45) is 11.1. The van der Waals surface area contributed by atoms with Gasteiger partial charge < -0.3 is 9.32 Å². The van der Waals surface area contributed by atoms with E-state index in [0.29, 0.717) is 23.9 Å². The number of hydrogen-bond acceptors (Lipinski definition) is 6. The second-order valence-corrected chi connectivity index (χ2v) is 6.28. The second kappa shape index (κ2) is 6.70. The number of aromatic nitrogens is 5. The van der Waals surface area contributed by atoms with E-state index in [4.69, 9.17) is 9.40 Å². The van der Waals surface area contributed by atoms with E-state index in [0.717, 1.165) is 30.8 Å². The van der Waals surface area contributed by atoms with Gasteiger partial charge in [-0.15, -0.1) is 0 Å². The van der Waals surface area contributed by atoms with E-state index in [1.807, 2.05) is 17.7 Å². The van der Waals surface area contributed by atoms with Crippen molar-refractivity contribution in [2.24, 2.45) is 0 Å². The molecular weight excluding hydrogens is 332 g/mol. The molecule has 1 aliphatic heterocycles. The summed E-state index contributed by atoms with van der Waals surface area (Å²) in [6, 6.07) is -0.111. The number of imidazole rings is 1. The zero-order chi connectivity index (χ0) is 18.1. The van der Waals surface area contributed by atoms with Gasteiger partial charge in [-0.3, -0.25) is 14.3 Å². The number of amides is 1. The number of rotatable bonds is 4. The minimum atomic E-state index is -0.131. The van der Waals surface area contributed by atoms with Crippen molar-refractivity contribution in [1.82, 2.24) is 29.4 Å². The average Bonchev–Trinajstić information content (AvgIpc) is 3.41. The summed E-state index contributed by atoms with van der Waals surface area (Å²) in [6.45, 7) is 4.45. The van der Waals surface area contributed by atoms with Crippen molar-refractivity contribution >= 4 is 5.91 Å². The third-order valence-corrected chi connectivity index (χ3v) is 4.61. The number of carbonyl (C=O) groups excluding carboxylic acids is 1. The van der Waals surface area contributed by atoms with Crippen LogP contribution in [-0.4, -0.2) is 41.9 Å². The van der Waals surface area contributed by atoms with E-state index >= 15 is 0 Å². The highest BCUT2D eigenvalue weighted by atomic mass is 16.3. The highest BCUT2D eigenvalue weighted by Gasteiger charge is 2.33. The lowest BCUT2D eigenvalue weighted by Gasteiger charge is -2.23. The molecule has 0 aromatic carbocycles. The van der Waals surface area contributed by atoms with E-state index in [-0.39, 0.29) is 11.9 Å². The van der Waals surface area contributed by atoms with Crippen LogP contribution in [0.4, 0.5) is 0 Å². The lowest BCUT2D eigenvalue weighted by Crippen LogP contribution is -2.31. The first kappa shape index (κ1) is 16.4. The Labute approximate surface area is 150 Å². The van der Waals surface area contributed by atoms with Crippen molar-refractivity contribution in [3.8, 4) is 5.82 Å². The first-order valence-corrected chi connectivity index (χ1v) is 8.75. The Bertz CT molecular complexity index is 931. The zero-order valence-electron chi connectivity index (χ0n) is 14.8. The van der Waals surface area contributed by atoms with Crippen LogP contribution in [0, 0.1) is 6.92 Å². The molecule has 0 radical (unpaired) electrons.